The Kier molecular flexibility index (Phi) is 3.96. The van der Waals surface area contributed by atoms with Gasteiger partial charge in [0, 0.05) is 12.0 Å². The summed E-state index contributed by atoms with van der Waals surface area (Å²) in [5, 5.41) is 7.66. The molecule has 5 heteroatoms. The van der Waals surface area contributed by atoms with Gasteiger partial charge in [0.1, 0.15) is 6.61 Å². The number of para-hydroxylation sites is 1. The molecule has 22 heavy (non-hydrogen) atoms. The standard InChI is InChI=1S/C17H14ClNO3/c18-17(22-11-16(20)21)10-15(12-6-2-1-3-7-12)19-14-9-5-4-8-13(14)17/h1-9H,10-11H2,(H,20,21). The highest BCUT2D eigenvalue weighted by Crippen LogP contribution is 2.44. The maximum absolute atomic E-state index is 10.8. The summed E-state index contributed by atoms with van der Waals surface area (Å²) < 4.78 is 5.50. The Morgan fingerprint density at radius 3 is 2.59 bits per heavy atom. The number of benzene rings is 2. The van der Waals surface area contributed by atoms with E-state index >= 15 is 0 Å². The lowest BCUT2D eigenvalue weighted by Gasteiger charge is -2.32. The summed E-state index contributed by atoms with van der Waals surface area (Å²) in [6.07, 6.45) is 0.308. The predicted molar refractivity (Wildman–Crippen MR) is 84.8 cm³/mol. The molecule has 3 rings (SSSR count). The molecule has 4 nitrogen and oxygen atoms in total. The summed E-state index contributed by atoms with van der Waals surface area (Å²) >= 11 is 6.63. The second kappa shape index (κ2) is 5.91. The van der Waals surface area contributed by atoms with Crippen molar-refractivity contribution in [3.8, 4) is 0 Å². The molecular formula is C17H14ClNO3. The van der Waals surface area contributed by atoms with Gasteiger partial charge in [-0.3, -0.25) is 4.99 Å². The van der Waals surface area contributed by atoms with Crippen LogP contribution in [0.5, 0.6) is 0 Å². The van der Waals surface area contributed by atoms with Gasteiger partial charge in [-0.25, -0.2) is 4.79 Å². The number of alkyl halides is 1. The van der Waals surface area contributed by atoms with E-state index < -0.39 is 17.6 Å². The fraction of sp³-hybridized carbons (Fsp3) is 0.176. The van der Waals surface area contributed by atoms with Gasteiger partial charge in [-0.2, -0.15) is 0 Å². The first-order valence-electron chi connectivity index (χ1n) is 6.86. The van der Waals surface area contributed by atoms with Crippen LogP contribution in [-0.2, 0) is 14.6 Å². The van der Waals surface area contributed by atoms with E-state index in [4.69, 9.17) is 21.4 Å². The molecule has 1 aliphatic heterocycles. The molecule has 2 aromatic carbocycles. The number of hydrogen-bond acceptors (Lipinski definition) is 3. The van der Waals surface area contributed by atoms with Gasteiger partial charge in [0.15, 0.2) is 5.06 Å². The maximum atomic E-state index is 10.8. The second-order valence-corrected chi connectivity index (χ2v) is 5.64. The van der Waals surface area contributed by atoms with E-state index in [9.17, 15) is 4.79 Å². The number of aliphatic carboxylic acids is 1. The van der Waals surface area contributed by atoms with Crippen LogP contribution in [-0.4, -0.2) is 23.4 Å². The Hall–Kier alpha value is -2.17. The third-order valence-electron chi connectivity index (χ3n) is 3.49. The van der Waals surface area contributed by atoms with E-state index in [1.165, 1.54) is 0 Å². The fourth-order valence-corrected chi connectivity index (χ4v) is 2.83. The first kappa shape index (κ1) is 14.8. The Morgan fingerprint density at radius 1 is 1.18 bits per heavy atom. The monoisotopic (exact) mass is 315 g/mol. The van der Waals surface area contributed by atoms with Gasteiger partial charge >= 0.3 is 5.97 Å². The molecule has 1 unspecified atom stereocenters. The number of halogens is 1. The molecule has 0 aromatic heterocycles. The molecule has 0 spiro atoms. The highest BCUT2D eigenvalue weighted by atomic mass is 35.5. The summed E-state index contributed by atoms with van der Waals surface area (Å²) in [4.78, 5) is 15.5. The smallest absolute Gasteiger partial charge is 0.329 e. The van der Waals surface area contributed by atoms with Gasteiger partial charge in [-0.1, -0.05) is 60.1 Å². The van der Waals surface area contributed by atoms with E-state index in [0.717, 1.165) is 11.3 Å². The SMILES string of the molecule is O=C(O)COC1(Cl)CC(c2ccccc2)=Nc2ccccc21. The third-order valence-corrected chi connectivity index (χ3v) is 3.93. The van der Waals surface area contributed by atoms with Crippen LogP contribution in [0, 0.1) is 0 Å². The molecular weight excluding hydrogens is 302 g/mol. The largest absolute Gasteiger partial charge is 0.480 e. The second-order valence-electron chi connectivity index (χ2n) is 5.03. The zero-order valence-corrected chi connectivity index (χ0v) is 12.5. The predicted octanol–water partition coefficient (Wildman–Crippen LogP) is 3.70. The first-order chi connectivity index (χ1) is 10.6. The first-order valence-corrected chi connectivity index (χ1v) is 7.23. The minimum Gasteiger partial charge on any atom is -0.480 e. The lowest BCUT2D eigenvalue weighted by molar-refractivity contribution is -0.145. The van der Waals surface area contributed by atoms with Crippen molar-refractivity contribution in [1.29, 1.82) is 0 Å². The average Bonchev–Trinajstić information content (AvgIpc) is 2.54. The van der Waals surface area contributed by atoms with E-state index in [0.29, 0.717) is 17.7 Å². The molecule has 1 aliphatic rings. The molecule has 0 saturated heterocycles. The van der Waals surface area contributed by atoms with Crippen molar-refractivity contribution in [3.63, 3.8) is 0 Å². The van der Waals surface area contributed by atoms with Crippen molar-refractivity contribution in [1.82, 2.24) is 0 Å². The number of aliphatic imine (C=N–C) groups is 1. The number of ether oxygens (including phenoxy) is 1. The summed E-state index contributed by atoms with van der Waals surface area (Å²) in [7, 11) is 0. The van der Waals surface area contributed by atoms with Crippen LogP contribution >= 0.6 is 11.6 Å². The number of nitrogens with zero attached hydrogens (tertiary/aromatic N) is 1. The molecule has 0 saturated carbocycles. The van der Waals surface area contributed by atoms with E-state index in [1.54, 1.807) is 0 Å². The van der Waals surface area contributed by atoms with E-state index in [2.05, 4.69) is 4.99 Å². The average molecular weight is 316 g/mol. The molecule has 1 heterocycles. The zero-order chi connectivity index (χ0) is 15.6. The number of carbonyl (C=O) groups is 1. The van der Waals surface area contributed by atoms with Crippen LogP contribution < -0.4 is 0 Å². The fourth-order valence-electron chi connectivity index (χ4n) is 2.48. The van der Waals surface area contributed by atoms with E-state index in [1.807, 2.05) is 54.6 Å². The highest BCUT2D eigenvalue weighted by Gasteiger charge is 2.38. The van der Waals surface area contributed by atoms with Crippen molar-refractivity contribution < 1.29 is 14.6 Å². The van der Waals surface area contributed by atoms with Crippen molar-refractivity contribution in [2.75, 3.05) is 6.61 Å². The molecule has 0 fully saturated rings. The lowest BCUT2D eigenvalue weighted by atomic mass is 9.94. The van der Waals surface area contributed by atoms with Gasteiger partial charge < -0.3 is 9.84 Å². The Labute approximate surface area is 133 Å². The topological polar surface area (TPSA) is 58.9 Å². The van der Waals surface area contributed by atoms with Crippen LogP contribution in [0.15, 0.2) is 59.6 Å². The number of hydrogen-bond donors (Lipinski definition) is 1. The maximum Gasteiger partial charge on any atom is 0.329 e. The summed E-state index contributed by atoms with van der Waals surface area (Å²) in [6.45, 7) is -0.458. The molecule has 0 aliphatic carbocycles. The van der Waals surface area contributed by atoms with Gasteiger partial charge in [-0.15, -0.1) is 0 Å². The van der Waals surface area contributed by atoms with E-state index in [-0.39, 0.29) is 0 Å². The quantitative estimate of drug-likeness (QED) is 0.875. The zero-order valence-electron chi connectivity index (χ0n) is 11.7. The summed E-state index contributed by atoms with van der Waals surface area (Å²) in [6, 6.07) is 17.0. The van der Waals surface area contributed by atoms with Crippen LogP contribution in [0.3, 0.4) is 0 Å². The Bertz CT molecular complexity index is 730. The Morgan fingerprint density at radius 2 is 1.86 bits per heavy atom. The van der Waals surface area contributed by atoms with Crippen LogP contribution in [0.2, 0.25) is 0 Å². The van der Waals surface area contributed by atoms with Gasteiger partial charge in [0.25, 0.3) is 0 Å². The van der Waals surface area contributed by atoms with Crippen molar-refractivity contribution in [2.24, 2.45) is 4.99 Å². The van der Waals surface area contributed by atoms with Crippen molar-refractivity contribution in [3.05, 3.63) is 65.7 Å². The van der Waals surface area contributed by atoms with Gasteiger partial charge in [-0.05, 0) is 11.6 Å². The molecule has 1 N–H and O–H groups in total. The van der Waals surface area contributed by atoms with Crippen LogP contribution in [0.4, 0.5) is 5.69 Å². The molecule has 2 aromatic rings. The molecule has 0 bridgehead atoms. The molecule has 1 atom stereocenters. The lowest BCUT2D eigenvalue weighted by Crippen LogP contribution is -2.31. The van der Waals surface area contributed by atoms with Crippen molar-refractivity contribution in [2.45, 2.75) is 11.5 Å². The normalized spacial score (nSPS) is 20.1. The summed E-state index contributed by atoms with van der Waals surface area (Å²) in [5.41, 5.74) is 3.12. The highest BCUT2D eigenvalue weighted by molar-refractivity contribution is 6.26. The Balaban J connectivity index is 2.03. The third kappa shape index (κ3) is 2.89. The van der Waals surface area contributed by atoms with Crippen LogP contribution in [0.25, 0.3) is 0 Å². The molecule has 0 radical (unpaired) electrons. The minimum atomic E-state index is -1.22. The number of carboxylic acid groups (broad SMARTS) is 1. The number of rotatable bonds is 4. The number of fused-ring (bicyclic) bond motifs is 1. The van der Waals surface area contributed by atoms with Crippen LogP contribution in [0.1, 0.15) is 17.5 Å². The number of carboxylic acids is 1. The molecule has 0 amide bonds. The van der Waals surface area contributed by atoms with Gasteiger partial charge in [0.2, 0.25) is 0 Å². The summed E-state index contributed by atoms with van der Waals surface area (Å²) in [5.74, 6) is -1.05. The minimum absolute atomic E-state index is 0.308. The molecule has 112 valence electrons. The van der Waals surface area contributed by atoms with Gasteiger partial charge in [0.05, 0.1) is 11.4 Å². The van der Waals surface area contributed by atoms with Crippen molar-refractivity contribution >= 4 is 29.0 Å².